The Bertz CT molecular complexity index is 205. The molecule has 10 heavy (non-hydrogen) atoms. The van der Waals surface area contributed by atoms with E-state index in [1.807, 2.05) is 0 Å². The smallest absolute Gasteiger partial charge is 0.460 e. The van der Waals surface area contributed by atoms with Crippen molar-refractivity contribution in [3.8, 4) is 0 Å². The van der Waals surface area contributed by atoms with Crippen LogP contribution in [0.1, 0.15) is 18.9 Å². The summed E-state index contributed by atoms with van der Waals surface area (Å²) in [6, 6.07) is 3.21. The number of ether oxygens (including phenoxy) is 1. The minimum atomic E-state index is -0.410. The van der Waals surface area contributed by atoms with Gasteiger partial charge in [-0.3, -0.25) is 0 Å². The summed E-state index contributed by atoms with van der Waals surface area (Å²) in [6.45, 7) is 2.13. The van der Waals surface area contributed by atoms with Crippen molar-refractivity contribution in [3.63, 3.8) is 0 Å². The Labute approximate surface area is 60.1 Å². The van der Waals surface area contributed by atoms with Gasteiger partial charge in [-0.15, -0.1) is 0 Å². The van der Waals surface area contributed by atoms with Gasteiger partial charge in [-0.2, -0.15) is 0 Å². The molecule has 0 aliphatic rings. The minimum absolute atomic E-state index is 0. The van der Waals surface area contributed by atoms with Crippen molar-refractivity contribution < 1.29 is 15.4 Å². The van der Waals surface area contributed by atoms with Gasteiger partial charge in [0.25, 0.3) is 0 Å². The first kappa shape index (κ1) is 6.86. The normalized spacial score (nSPS) is 9.30. The highest BCUT2D eigenvalue weighted by Crippen LogP contribution is 2.01. The average molecular weight is 141 g/mol. The van der Waals surface area contributed by atoms with E-state index in [2.05, 4.69) is 4.74 Å². The molecule has 0 saturated heterocycles. The van der Waals surface area contributed by atoms with Crippen LogP contribution in [0.4, 0.5) is 0 Å². The fraction of sp³-hybridized carbons (Fsp3) is 0.286. The zero-order valence-corrected chi connectivity index (χ0v) is 5.66. The van der Waals surface area contributed by atoms with Crippen LogP contribution in [0, 0.1) is 0 Å². The van der Waals surface area contributed by atoms with Gasteiger partial charge in [-0.05, 0) is 19.1 Å². The maximum absolute atomic E-state index is 10.8. The molecular weight excluding hydrogens is 132 g/mol. The van der Waals surface area contributed by atoms with Crippen LogP contribution in [0.2, 0.25) is 0 Å². The maximum Gasteiger partial charge on any atom is 1.00 e. The predicted molar refractivity (Wildman–Crippen MR) is 35.8 cm³/mol. The first-order valence-electron chi connectivity index (χ1n) is 3.05. The van der Waals surface area contributed by atoms with Crippen LogP contribution in [0.5, 0.6) is 0 Å². The summed E-state index contributed by atoms with van der Waals surface area (Å²) < 4.78 is 9.43. The van der Waals surface area contributed by atoms with Gasteiger partial charge < -0.3 is 9.15 Å². The third-order valence-electron chi connectivity index (χ3n) is 0.998. The van der Waals surface area contributed by atoms with Crippen molar-refractivity contribution in [2.75, 3.05) is 6.61 Å². The average Bonchev–Trinajstić information content (AvgIpc) is 2.38. The number of carbonyl (C=O) groups is 1. The summed E-state index contributed by atoms with van der Waals surface area (Å²) >= 11 is 0. The molecule has 3 nitrogen and oxygen atoms in total. The molecule has 3 heteroatoms. The Hall–Kier alpha value is -1.25. The third kappa shape index (κ3) is 1.37. The van der Waals surface area contributed by atoms with Gasteiger partial charge in [0.15, 0.2) is 0 Å². The number of rotatable bonds is 2. The molecule has 0 unspecified atom stereocenters. The Morgan fingerprint density at radius 2 is 2.70 bits per heavy atom. The van der Waals surface area contributed by atoms with Gasteiger partial charge in [0.2, 0.25) is 5.76 Å². The van der Waals surface area contributed by atoms with Crippen LogP contribution in [0.25, 0.3) is 0 Å². The van der Waals surface area contributed by atoms with E-state index in [1.54, 1.807) is 19.1 Å². The van der Waals surface area contributed by atoms with Crippen LogP contribution in [-0.2, 0) is 4.74 Å². The first-order chi connectivity index (χ1) is 4.84. The molecule has 0 fully saturated rings. The molecule has 0 aromatic carbocycles. The minimum Gasteiger partial charge on any atom is -0.460 e. The second kappa shape index (κ2) is 3.06. The highest BCUT2D eigenvalue weighted by Gasteiger charge is 2.07. The van der Waals surface area contributed by atoms with Gasteiger partial charge >= 0.3 is 7.40 Å². The molecule has 1 heterocycles. The third-order valence-corrected chi connectivity index (χ3v) is 0.998. The summed E-state index contributed by atoms with van der Waals surface area (Å²) in [7, 11) is 0. The molecule has 0 aliphatic heterocycles. The van der Waals surface area contributed by atoms with E-state index in [9.17, 15) is 4.79 Å². The van der Waals surface area contributed by atoms with Gasteiger partial charge in [0, 0.05) is 0 Å². The molecule has 0 N–H and O–H groups in total. The zero-order chi connectivity index (χ0) is 7.40. The van der Waals surface area contributed by atoms with E-state index in [0.717, 1.165) is 0 Å². The Morgan fingerprint density at radius 1 is 1.90 bits per heavy atom. The summed E-state index contributed by atoms with van der Waals surface area (Å²) in [5.41, 5.74) is 0. The summed E-state index contributed by atoms with van der Waals surface area (Å²) in [6.07, 6.45) is 1.44. The number of hydrogen-bond acceptors (Lipinski definition) is 3. The van der Waals surface area contributed by atoms with Crippen molar-refractivity contribution in [2.45, 2.75) is 6.92 Å². The van der Waals surface area contributed by atoms with Crippen LogP contribution in [-0.4, -0.2) is 12.6 Å². The lowest BCUT2D eigenvalue weighted by Gasteiger charge is -1.95. The lowest BCUT2D eigenvalue weighted by atomic mass is 10.5. The van der Waals surface area contributed by atoms with Crippen molar-refractivity contribution in [3.05, 3.63) is 24.2 Å². The van der Waals surface area contributed by atoms with Gasteiger partial charge in [0.1, 0.15) is 0 Å². The fourth-order valence-corrected chi connectivity index (χ4v) is 0.597. The van der Waals surface area contributed by atoms with Gasteiger partial charge in [-0.1, -0.05) is 0 Å². The lowest BCUT2D eigenvalue weighted by Crippen LogP contribution is -2.02. The van der Waals surface area contributed by atoms with E-state index in [-0.39, 0.29) is 7.19 Å². The molecule has 0 radical (unpaired) electrons. The molecule has 1 aromatic rings. The number of esters is 1. The van der Waals surface area contributed by atoms with E-state index in [1.165, 1.54) is 6.26 Å². The van der Waals surface area contributed by atoms with Crippen LogP contribution in [0.3, 0.4) is 0 Å². The van der Waals surface area contributed by atoms with Crippen molar-refractivity contribution >= 4 is 5.97 Å². The Morgan fingerprint density at radius 3 is 3.20 bits per heavy atom. The van der Waals surface area contributed by atoms with E-state index in [0.29, 0.717) is 6.61 Å². The lowest BCUT2D eigenvalue weighted by molar-refractivity contribution is 0.0490. The van der Waals surface area contributed by atoms with Crippen LogP contribution >= 0.6 is 0 Å². The van der Waals surface area contributed by atoms with Crippen LogP contribution in [0.15, 0.2) is 22.8 Å². The second-order valence-electron chi connectivity index (χ2n) is 1.70. The quantitative estimate of drug-likeness (QED) is 0.587. The van der Waals surface area contributed by atoms with E-state index >= 15 is 0 Å². The van der Waals surface area contributed by atoms with E-state index in [4.69, 9.17) is 4.42 Å². The highest BCUT2D eigenvalue weighted by atomic mass is 16.5. The number of furan rings is 1. The van der Waals surface area contributed by atoms with Crippen molar-refractivity contribution in [2.24, 2.45) is 0 Å². The molecule has 0 atom stereocenters. The summed E-state index contributed by atoms with van der Waals surface area (Å²) in [5.74, 6) is -0.158. The van der Waals surface area contributed by atoms with Gasteiger partial charge in [0.05, 0.1) is 12.9 Å². The monoisotopic (exact) mass is 141 g/mol. The highest BCUT2D eigenvalue weighted by molar-refractivity contribution is 5.86. The number of hydrogen-bond donors (Lipinski definition) is 0. The number of carbonyl (C=O) groups excluding carboxylic acids is 1. The fourth-order valence-electron chi connectivity index (χ4n) is 0.597. The van der Waals surface area contributed by atoms with Crippen molar-refractivity contribution in [1.29, 1.82) is 0 Å². The molecule has 0 bridgehead atoms. The Kier molecular flexibility index (Phi) is 2.10. The molecule has 0 spiro atoms. The Balaban J connectivity index is 0.000001000. The SMILES string of the molecule is CCOC(=O)c1ccco1.[H+]. The van der Waals surface area contributed by atoms with Gasteiger partial charge in [-0.25, -0.2) is 4.79 Å². The predicted octanol–water partition coefficient (Wildman–Crippen LogP) is 1.57. The topological polar surface area (TPSA) is 39.4 Å². The molecular formula is C7H9O3+. The summed E-state index contributed by atoms with van der Waals surface area (Å²) in [5, 5.41) is 0. The molecule has 1 aromatic heterocycles. The van der Waals surface area contributed by atoms with E-state index < -0.39 is 5.97 Å². The standard InChI is InChI=1S/C7H8O3/c1-2-9-7(8)6-4-3-5-10-6/h3-5H,2H2,1H3/p+1. The second-order valence-corrected chi connectivity index (χ2v) is 1.70. The maximum atomic E-state index is 10.8. The largest absolute Gasteiger partial charge is 1.00 e. The molecule has 1 rings (SSSR count). The van der Waals surface area contributed by atoms with Crippen molar-refractivity contribution in [1.82, 2.24) is 0 Å². The molecule has 54 valence electrons. The molecule has 0 saturated carbocycles. The molecule has 0 aliphatic carbocycles. The molecule has 0 amide bonds. The van der Waals surface area contributed by atoms with Crippen LogP contribution < -0.4 is 0 Å². The zero-order valence-electron chi connectivity index (χ0n) is 6.66. The first-order valence-corrected chi connectivity index (χ1v) is 3.05. The summed E-state index contributed by atoms with van der Waals surface area (Å²) in [4.78, 5) is 10.8.